The van der Waals surface area contributed by atoms with Gasteiger partial charge in [-0.3, -0.25) is 0 Å². The average Bonchev–Trinajstić information content (AvgIpc) is 2.42. The van der Waals surface area contributed by atoms with Gasteiger partial charge in [-0.2, -0.15) is 0 Å². The first-order chi connectivity index (χ1) is 9.19. The molecule has 0 aliphatic heterocycles. The SMILES string of the molecule is COCc1ccc(C(O)Cc2ccc(O)cc2)cc1. The molecule has 2 rings (SSSR count). The predicted octanol–water partition coefficient (Wildman–Crippen LogP) is 2.81. The van der Waals surface area contributed by atoms with Gasteiger partial charge in [0.1, 0.15) is 5.75 Å². The van der Waals surface area contributed by atoms with Crippen molar-refractivity contribution in [2.45, 2.75) is 19.1 Å². The van der Waals surface area contributed by atoms with E-state index in [0.29, 0.717) is 13.0 Å². The highest BCUT2D eigenvalue weighted by atomic mass is 16.5. The Labute approximate surface area is 113 Å². The fraction of sp³-hybridized carbons (Fsp3) is 0.250. The van der Waals surface area contributed by atoms with E-state index in [2.05, 4.69) is 0 Å². The van der Waals surface area contributed by atoms with E-state index in [4.69, 9.17) is 4.74 Å². The third kappa shape index (κ3) is 3.81. The summed E-state index contributed by atoms with van der Waals surface area (Å²) in [5.41, 5.74) is 2.96. The summed E-state index contributed by atoms with van der Waals surface area (Å²) < 4.78 is 5.05. The van der Waals surface area contributed by atoms with Crippen LogP contribution in [-0.2, 0) is 17.8 Å². The molecule has 2 aromatic carbocycles. The Bertz CT molecular complexity index is 503. The van der Waals surface area contributed by atoms with Crippen LogP contribution in [0.4, 0.5) is 0 Å². The topological polar surface area (TPSA) is 49.7 Å². The Hall–Kier alpha value is -1.84. The lowest BCUT2D eigenvalue weighted by Crippen LogP contribution is -2.02. The first kappa shape index (κ1) is 13.6. The van der Waals surface area contributed by atoms with Crippen LogP contribution in [0.1, 0.15) is 22.8 Å². The van der Waals surface area contributed by atoms with E-state index >= 15 is 0 Å². The maximum atomic E-state index is 10.2. The molecule has 1 atom stereocenters. The van der Waals surface area contributed by atoms with Gasteiger partial charge in [0.2, 0.25) is 0 Å². The summed E-state index contributed by atoms with van der Waals surface area (Å²) in [7, 11) is 1.66. The minimum atomic E-state index is -0.541. The van der Waals surface area contributed by atoms with Gasteiger partial charge in [-0.1, -0.05) is 36.4 Å². The summed E-state index contributed by atoms with van der Waals surface area (Å²) in [6.45, 7) is 0.578. The molecule has 3 nitrogen and oxygen atoms in total. The van der Waals surface area contributed by atoms with Crippen molar-refractivity contribution in [1.82, 2.24) is 0 Å². The van der Waals surface area contributed by atoms with Crippen molar-refractivity contribution in [3.05, 3.63) is 65.2 Å². The summed E-state index contributed by atoms with van der Waals surface area (Å²) in [6, 6.07) is 14.6. The van der Waals surface area contributed by atoms with E-state index < -0.39 is 6.10 Å². The summed E-state index contributed by atoms with van der Waals surface area (Å²) in [4.78, 5) is 0. The normalized spacial score (nSPS) is 12.3. The number of methoxy groups -OCH3 is 1. The zero-order valence-electron chi connectivity index (χ0n) is 10.9. The lowest BCUT2D eigenvalue weighted by molar-refractivity contribution is 0.177. The highest BCUT2D eigenvalue weighted by molar-refractivity contribution is 5.29. The number of phenols is 1. The molecule has 0 amide bonds. The summed E-state index contributed by atoms with van der Waals surface area (Å²) >= 11 is 0. The smallest absolute Gasteiger partial charge is 0.115 e. The molecule has 3 heteroatoms. The Morgan fingerprint density at radius 3 is 2.11 bits per heavy atom. The fourth-order valence-corrected chi connectivity index (χ4v) is 1.98. The van der Waals surface area contributed by atoms with Crippen LogP contribution in [0.25, 0.3) is 0 Å². The largest absolute Gasteiger partial charge is 0.508 e. The molecule has 100 valence electrons. The zero-order chi connectivity index (χ0) is 13.7. The van der Waals surface area contributed by atoms with Gasteiger partial charge in [0.05, 0.1) is 12.7 Å². The van der Waals surface area contributed by atoms with E-state index in [9.17, 15) is 10.2 Å². The van der Waals surface area contributed by atoms with Crippen LogP contribution < -0.4 is 0 Å². The van der Waals surface area contributed by atoms with Gasteiger partial charge in [-0.05, 0) is 28.8 Å². The van der Waals surface area contributed by atoms with Crippen molar-refractivity contribution >= 4 is 0 Å². The highest BCUT2D eigenvalue weighted by Crippen LogP contribution is 2.20. The molecular weight excluding hydrogens is 240 g/mol. The lowest BCUT2D eigenvalue weighted by Gasteiger charge is -2.12. The maximum Gasteiger partial charge on any atom is 0.115 e. The molecule has 0 aliphatic carbocycles. The number of phenolic OH excluding ortho intramolecular Hbond substituents is 1. The number of aliphatic hydroxyl groups is 1. The van der Waals surface area contributed by atoms with Gasteiger partial charge in [0, 0.05) is 13.5 Å². The molecule has 2 aromatic rings. The number of benzene rings is 2. The second-order valence-electron chi connectivity index (χ2n) is 4.56. The molecule has 0 spiro atoms. The molecule has 0 fully saturated rings. The maximum absolute atomic E-state index is 10.2. The van der Waals surface area contributed by atoms with E-state index in [1.165, 1.54) is 0 Å². The van der Waals surface area contributed by atoms with Crippen LogP contribution in [0.2, 0.25) is 0 Å². The molecule has 0 aliphatic rings. The van der Waals surface area contributed by atoms with Crippen LogP contribution in [0.5, 0.6) is 5.75 Å². The summed E-state index contributed by atoms with van der Waals surface area (Å²) in [5.74, 6) is 0.238. The van der Waals surface area contributed by atoms with Gasteiger partial charge in [0.25, 0.3) is 0 Å². The number of ether oxygens (including phenoxy) is 1. The van der Waals surface area contributed by atoms with Crippen molar-refractivity contribution in [1.29, 1.82) is 0 Å². The van der Waals surface area contributed by atoms with Crippen molar-refractivity contribution in [2.24, 2.45) is 0 Å². The van der Waals surface area contributed by atoms with Crippen molar-refractivity contribution in [3.63, 3.8) is 0 Å². The minimum Gasteiger partial charge on any atom is -0.508 e. The number of hydrogen-bond donors (Lipinski definition) is 2. The van der Waals surface area contributed by atoms with Crippen LogP contribution in [0.15, 0.2) is 48.5 Å². The first-order valence-electron chi connectivity index (χ1n) is 6.23. The average molecular weight is 258 g/mol. The van der Waals surface area contributed by atoms with Crippen LogP contribution in [0.3, 0.4) is 0 Å². The van der Waals surface area contributed by atoms with E-state index in [0.717, 1.165) is 16.7 Å². The fourth-order valence-electron chi connectivity index (χ4n) is 1.98. The molecule has 0 radical (unpaired) electrons. The number of aromatic hydroxyl groups is 1. The molecule has 0 bridgehead atoms. The summed E-state index contributed by atoms with van der Waals surface area (Å²) in [6.07, 6.45) is -0.00896. The van der Waals surface area contributed by atoms with Gasteiger partial charge in [-0.15, -0.1) is 0 Å². The van der Waals surface area contributed by atoms with E-state index in [1.54, 1.807) is 19.2 Å². The quantitative estimate of drug-likeness (QED) is 0.867. The van der Waals surface area contributed by atoms with Gasteiger partial charge in [-0.25, -0.2) is 0 Å². The Balaban J connectivity index is 2.02. The van der Waals surface area contributed by atoms with Gasteiger partial charge < -0.3 is 14.9 Å². The van der Waals surface area contributed by atoms with Crippen molar-refractivity contribution in [2.75, 3.05) is 7.11 Å². The van der Waals surface area contributed by atoms with Crippen molar-refractivity contribution in [3.8, 4) is 5.75 Å². The van der Waals surface area contributed by atoms with Gasteiger partial charge >= 0.3 is 0 Å². The Kier molecular flexibility index (Phi) is 4.55. The lowest BCUT2D eigenvalue weighted by atomic mass is 10.0. The molecule has 0 saturated heterocycles. The molecule has 0 saturated carbocycles. The van der Waals surface area contributed by atoms with Crippen molar-refractivity contribution < 1.29 is 14.9 Å². The van der Waals surface area contributed by atoms with Crippen LogP contribution >= 0.6 is 0 Å². The number of rotatable bonds is 5. The Morgan fingerprint density at radius 2 is 1.53 bits per heavy atom. The molecule has 1 unspecified atom stereocenters. The predicted molar refractivity (Wildman–Crippen MR) is 73.9 cm³/mol. The number of aliphatic hydroxyl groups excluding tert-OH is 1. The molecule has 0 heterocycles. The summed E-state index contributed by atoms with van der Waals surface area (Å²) in [5, 5.41) is 19.4. The third-order valence-corrected chi connectivity index (χ3v) is 3.04. The minimum absolute atomic E-state index is 0.238. The van der Waals surface area contributed by atoms with E-state index in [1.807, 2.05) is 36.4 Å². The van der Waals surface area contributed by atoms with Crippen LogP contribution in [0, 0.1) is 0 Å². The molecule has 19 heavy (non-hydrogen) atoms. The zero-order valence-corrected chi connectivity index (χ0v) is 10.9. The molecular formula is C16H18O3. The third-order valence-electron chi connectivity index (χ3n) is 3.04. The first-order valence-corrected chi connectivity index (χ1v) is 6.23. The van der Waals surface area contributed by atoms with Gasteiger partial charge in [0.15, 0.2) is 0 Å². The van der Waals surface area contributed by atoms with Crippen LogP contribution in [-0.4, -0.2) is 17.3 Å². The Morgan fingerprint density at radius 1 is 0.947 bits per heavy atom. The molecule has 0 aromatic heterocycles. The standard InChI is InChI=1S/C16H18O3/c1-19-11-13-2-6-14(7-3-13)16(18)10-12-4-8-15(17)9-5-12/h2-9,16-18H,10-11H2,1H3. The number of hydrogen-bond acceptors (Lipinski definition) is 3. The molecule has 2 N–H and O–H groups in total. The highest BCUT2D eigenvalue weighted by Gasteiger charge is 2.08. The second kappa shape index (κ2) is 6.36. The van der Waals surface area contributed by atoms with E-state index in [-0.39, 0.29) is 5.75 Å². The monoisotopic (exact) mass is 258 g/mol. The second-order valence-corrected chi connectivity index (χ2v) is 4.56.